The van der Waals surface area contributed by atoms with Crippen LogP contribution in [0.3, 0.4) is 0 Å². The minimum atomic E-state index is 0.625. The first-order valence-electron chi connectivity index (χ1n) is 7.94. The molecule has 2 aromatic heterocycles. The van der Waals surface area contributed by atoms with Crippen molar-refractivity contribution in [3.05, 3.63) is 71.3 Å². The molecule has 0 aliphatic heterocycles. The minimum Gasteiger partial charge on any atom is -0.364 e. The van der Waals surface area contributed by atoms with Gasteiger partial charge in [-0.15, -0.1) is 0 Å². The van der Waals surface area contributed by atoms with E-state index in [1.807, 2.05) is 37.3 Å². The monoisotopic (exact) mass is 319 g/mol. The van der Waals surface area contributed by atoms with Crippen molar-refractivity contribution in [3.8, 4) is 0 Å². The van der Waals surface area contributed by atoms with Gasteiger partial charge in [0.1, 0.15) is 17.5 Å². The van der Waals surface area contributed by atoms with Gasteiger partial charge in [-0.25, -0.2) is 9.97 Å². The molecule has 1 aromatic carbocycles. The number of aryl methyl sites for hydroxylation is 2. The zero-order chi connectivity index (χ0) is 16.9. The van der Waals surface area contributed by atoms with Crippen molar-refractivity contribution in [3.63, 3.8) is 0 Å². The Bertz CT molecular complexity index is 830. The van der Waals surface area contributed by atoms with Crippen LogP contribution in [0.4, 0.5) is 17.3 Å². The molecule has 0 unspecified atom stereocenters. The number of nitrogens with one attached hydrogen (secondary N) is 2. The second-order valence-corrected chi connectivity index (χ2v) is 5.73. The van der Waals surface area contributed by atoms with Crippen molar-refractivity contribution in [1.29, 1.82) is 0 Å². The van der Waals surface area contributed by atoms with E-state index in [9.17, 15) is 0 Å². The summed E-state index contributed by atoms with van der Waals surface area (Å²) in [5.41, 5.74) is 4.50. The predicted octanol–water partition coefficient (Wildman–Crippen LogP) is 4.15. The van der Waals surface area contributed by atoms with Crippen molar-refractivity contribution in [2.24, 2.45) is 0 Å². The van der Waals surface area contributed by atoms with Crippen molar-refractivity contribution in [1.82, 2.24) is 15.0 Å². The number of hydrogen-bond acceptors (Lipinski definition) is 5. The summed E-state index contributed by atoms with van der Waals surface area (Å²) < 4.78 is 0. The van der Waals surface area contributed by atoms with E-state index < -0.39 is 0 Å². The van der Waals surface area contributed by atoms with Gasteiger partial charge in [0.2, 0.25) is 0 Å². The highest BCUT2D eigenvalue weighted by atomic mass is 15.1. The van der Waals surface area contributed by atoms with E-state index in [-0.39, 0.29) is 0 Å². The Kier molecular flexibility index (Phi) is 4.70. The molecule has 0 saturated carbocycles. The number of aromatic nitrogens is 3. The van der Waals surface area contributed by atoms with E-state index in [4.69, 9.17) is 0 Å². The first-order chi connectivity index (χ1) is 11.6. The maximum Gasteiger partial charge on any atom is 0.136 e. The van der Waals surface area contributed by atoms with Gasteiger partial charge in [0.15, 0.2) is 0 Å². The molecule has 0 spiro atoms. The van der Waals surface area contributed by atoms with Crippen LogP contribution in [-0.4, -0.2) is 15.0 Å². The first kappa shape index (κ1) is 15.9. The highest BCUT2D eigenvalue weighted by molar-refractivity contribution is 5.63. The lowest BCUT2D eigenvalue weighted by Crippen LogP contribution is -2.06. The third-order valence-corrected chi connectivity index (χ3v) is 3.88. The third kappa shape index (κ3) is 3.87. The average Bonchev–Trinajstić information content (AvgIpc) is 2.58. The molecule has 0 saturated heterocycles. The van der Waals surface area contributed by atoms with E-state index >= 15 is 0 Å². The lowest BCUT2D eigenvalue weighted by molar-refractivity contribution is 0.996. The van der Waals surface area contributed by atoms with Gasteiger partial charge in [-0.3, -0.25) is 4.98 Å². The molecule has 3 rings (SSSR count). The Balaban J connectivity index is 1.77. The van der Waals surface area contributed by atoms with Crippen LogP contribution in [0.2, 0.25) is 0 Å². The maximum atomic E-state index is 4.48. The number of pyridine rings is 1. The van der Waals surface area contributed by atoms with E-state index in [2.05, 4.69) is 51.6 Å². The summed E-state index contributed by atoms with van der Waals surface area (Å²) in [5.74, 6) is 2.27. The molecule has 2 heterocycles. The van der Waals surface area contributed by atoms with Crippen molar-refractivity contribution < 1.29 is 0 Å². The Morgan fingerprint density at radius 3 is 2.54 bits per heavy atom. The molecule has 0 bridgehead atoms. The van der Waals surface area contributed by atoms with Crippen molar-refractivity contribution in [2.45, 2.75) is 27.3 Å². The van der Waals surface area contributed by atoms with E-state index in [1.165, 1.54) is 11.1 Å². The molecule has 5 nitrogen and oxygen atoms in total. The SMILES string of the molecule is Cc1nc(NCc2ccccn2)cc(Nc2cccc(C)c2C)n1. The Morgan fingerprint density at radius 2 is 1.75 bits per heavy atom. The maximum absolute atomic E-state index is 4.48. The van der Waals surface area contributed by atoms with Crippen LogP contribution in [0.25, 0.3) is 0 Å². The lowest BCUT2D eigenvalue weighted by atomic mass is 10.1. The summed E-state index contributed by atoms with van der Waals surface area (Å²) in [4.78, 5) is 13.2. The van der Waals surface area contributed by atoms with Gasteiger partial charge in [0.25, 0.3) is 0 Å². The van der Waals surface area contributed by atoms with Crippen LogP contribution in [0.1, 0.15) is 22.6 Å². The summed E-state index contributed by atoms with van der Waals surface area (Å²) in [6.45, 7) is 6.72. The van der Waals surface area contributed by atoms with Gasteiger partial charge in [-0.2, -0.15) is 0 Å². The van der Waals surface area contributed by atoms with Crippen LogP contribution < -0.4 is 10.6 Å². The number of hydrogen-bond donors (Lipinski definition) is 2. The van der Waals surface area contributed by atoms with E-state index in [0.717, 1.165) is 23.0 Å². The quantitative estimate of drug-likeness (QED) is 0.739. The van der Waals surface area contributed by atoms with Crippen LogP contribution in [0.15, 0.2) is 48.7 Å². The molecule has 0 amide bonds. The van der Waals surface area contributed by atoms with Crippen molar-refractivity contribution >= 4 is 17.3 Å². The second-order valence-electron chi connectivity index (χ2n) is 5.73. The highest BCUT2D eigenvalue weighted by Crippen LogP contribution is 2.23. The summed E-state index contributed by atoms with van der Waals surface area (Å²) >= 11 is 0. The third-order valence-electron chi connectivity index (χ3n) is 3.88. The number of rotatable bonds is 5. The normalized spacial score (nSPS) is 10.5. The minimum absolute atomic E-state index is 0.625. The highest BCUT2D eigenvalue weighted by Gasteiger charge is 2.05. The van der Waals surface area contributed by atoms with Gasteiger partial charge in [-0.1, -0.05) is 18.2 Å². The molecule has 3 aromatic rings. The Morgan fingerprint density at radius 1 is 0.917 bits per heavy atom. The molecule has 5 heteroatoms. The summed E-state index contributed by atoms with van der Waals surface area (Å²) in [7, 11) is 0. The van der Waals surface area contributed by atoms with E-state index in [1.54, 1.807) is 6.20 Å². The van der Waals surface area contributed by atoms with Crippen LogP contribution in [-0.2, 0) is 6.54 Å². The summed E-state index contributed by atoms with van der Waals surface area (Å²) in [6.07, 6.45) is 1.79. The smallest absolute Gasteiger partial charge is 0.136 e. The molecular formula is C19H21N5. The number of benzene rings is 1. The molecule has 0 aliphatic rings. The van der Waals surface area contributed by atoms with Crippen molar-refractivity contribution in [2.75, 3.05) is 10.6 Å². The van der Waals surface area contributed by atoms with Gasteiger partial charge in [-0.05, 0) is 50.1 Å². The molecule has 0 aliphatic carbocycles. The lowest BCUT2D eigenvalue weighted by Gasteiger charge is -2.13. The van der Waals surface area contributed by atoms with Gasteiger partial charge >= 0.3 is 0 Å². The summed E-state index contributed by atoms with van der Waals surface area (Å²) in [5, 5.41) is 6.69. The zero-order valence-corrected chi connectivity index (χ0v) is 14.2. The molecule has 0 atom stereocenters. The largest absolute Gasteiger partial charge is 0.364 e. The fourth-order valence-corrected chi connectivity index (χ4v) is 2.43. The van der Waals surface area contributed by atoms with Crippen LogP contribution >= 0.6 is 0 Å². The second kappa shape index (κ2) is 7.08. The molecular weight excluding hydrogens is 298 g/mol. The Hall–Kier alpha value is -2.95. The fourth-order valence-electron chi connectivity index (χ4n) is 2.43. The number of anilines is 3. The van der Waals surface area contributed by atoms with Gasteiger partial charge in [0.05, 0.1) is 12.2 Å². The molecule has 24 heavy (non-hydrogen) atoms. The molecule has 2 N–H and O–H groups in total. The number of nitrogens with zero attached hydrogens (tertiary/aromatic N) is 3. The summed E-state index contributed by atoms with van der Waals surface area (Å²) in [6, 6.07) is 14.0. The molecule has 122 valence electrons. The molecule has 0 radical (unpaired) electrons. The van der Waals surface area contributed by atoms with Gasteiger partial charge < -0.3 is 10.6 Å². The predicted molar refractivity (Wildman–Crippen MR) is 97.5 cm³/mol. The average molecular weight is 319 g/mol. The molecule has 0 fully saturated rings. The van der Waals surface area contributed by atoms with Crippen LogP contribution in [0.5, 0.6) is 0 Å². The topological polar surface area (TPSA) is 62.7 Å². The standard InChI is InChI=1S/C19H21N5/c1-13-7-6-9-17(14(13)2)24-19-11-18(22-15(3)23-19)21-12-16-8-4-5-10-20-16/h4-11H,12H2,1-3H3,(H2,21,22,23,24). The fraction of sp³-hybridized carbons (Fsp3) is 0.211. The van der Waals surface area contributed by atoms with Gasteiger partial charge in [0, 0.05) is 18.0 Å². The van der Waals surface area contributed by atoms with E-state index in [0.29, 0.717) is 12.4 Å². The Labute approximate surface area is 142 Å². The zero-order valence-electron chi connectivity index (χ0n) is 14.2. The first-order valence-corrected chi connectivity index (χ1v) is 7.94. The van der Waals surface area contributed by atoms with Crippen LogP contribution in [0, 0.1) is 20.8 Å².